The second-order valence-electron chi connectivity index (χ2n) is 6.45. The predicted octanol–water partition coefficient (Wildman–Crippen LogP) is 3.84. The molecule has 5 nitrogen and oxygen atoms in total. The Labute approximate surface area is 158 Å². The van der Waals surface area contributed by atoms with Gasteiger partial charge in [0, 0.05) is 23.1 Å². The minimum Gasteiger partial charge on any atom is -0.492 e. The number of rotatable bonds is 7. The van der Waals surface area contributed by atoms with Gasteiger partial charge in [-0.2, -0.15) is 0 Å². The highest BCUT2D eigenvalue weighted by Crippen LogP contribution is 2.26. The maximum absolute atomic E-state index is 13.6. The maximum Gasteiger partial charge on any atom is 0.244 e. The highest BCUT2D eigenvalue weighted by Gasteiger charge is 2.20. The minimum absolute atomic E-state index is 0.131. The highest BCUT2D eigenvalue weighted by molar-refractivity contribution is 7.89. The molecule has 0 amide bonds. The van der Waals surface area contributed by atoms with Crippen LogP contribution in [-0.2, 0) is 16.4 Å². The summed E-state index contributed by atoms with van der Waals surface area (Å²) in [5, 5.41) is 0.775. The summed E-state index contributed by atoms with van der Waals surface area (Å²) in [7, 11) is -3.72. The van der Waals surface area contributed by atoms with Gasteiger partial charge in [-0.05, 0) is 68.7 Å². The Morgan fingerprint density at radius 1 is 1.15 bits per heavy atom. The lowest BCUT2D eigenvalue weighted by Crippen LogP contribution is -2.26. The van der Waals surface area contributed by atoms with Crippen molar-refractivity contribution < 1.29 is 17.5 Å². The van der Waals surface area contributed by atoms with Gasteiger partial charge in [0.2, 0.25) is 10.0 Å². The summed E-state index contributed by atoms with van der Waals surface area (Å²) < 4.78 is 47.2. The quantitative estimate of drug-likeness (QED) is 0.644. The number of fused-ring (bicyclic) bond motifs is 1. The van der Waals surface area contributed by atoms with Crippen molar-refractivity contribution in [3.8, 4) is 5.75 Å². The number of sulfonamides is 1. The number of aryl methyl sites for hydroxylation is 2. The fourth-order valence-corrected chi connectivity index (χ4v) is 4.42. The molecule has 2 N–H and O–H groups in total. The number of aromatic amines is 1. The molecule has 3 rings (SSSR count). The molecule has 0 atom stereocenters. The SMILES string of the molecule is CCOc1ccc(C)cc1S(=O)(=O)NCCc1c(C)[nH]c2ccc(F)cc12. The Morgan fingerprint density at radius 2 is 1.93 bits per heavy atom. The van der Waals surface area contributed by atoms with Gasteiger partial charge >= 0.3 is 0 Å². The average Bonchev–Trinajstić information content (AvgIpc) is 2.92. The van der Waals surface area contributed by atoms with E-state index in [-0.39, 0.29) is 17.3 Å². The monoisotopic (exact) mass is 390 g/mol. The van der Waals surface area contributed by atoms with Crippen LogP contribution < -0.4 is 9.46 Å². The van der Waals surface area contributed by atoms with E-state index in [1.807, 2.05) is 26.8 Å². The number of H-pyrrole nitrogens is 1. The molecule has 7 heteroatoms. The van der Waals surface area contributed by atoms with E-state index in [0.717, 1.165) is 27.7 Å². The van der Waals surface area contributed by atoms with Crippen LogP contribution in [0, 0.1) is 19.7 Å². The van der Waals surface area contributed by atoms with Crippen LogP contribution in [0.5, 0.6) is 5.75 Å². The van der Waals surface area contributed by atoms with E-state index < -0.39 is 10.0 Å². The molecule has 0 spiro atoms. The summed E-state index contributed by atoms with van der Waals surface area (Å²) in [6, 6.07) is 9.63. The Balaban J connectivity index is 1.80. The van der Waals surface area contributed by atoms with Gasteiger partial charge in [0.05, 0.1) is 6.61 Å². The number of ether oxygens (including phenoxy) is 1. The van der Waals surface area contributed by atoms with E-state index in [9.17, 15) is 12.8 Å². The van der Waals surface area contributed by atoms with Gasteiger partial charge in [-0.1, -0.05) is 6.07 Å². The maximum atomic E-state index is 13.6. The molecule has 0 aliphatic heterocycles. The normalized spacial score (nSPS) is 11.9. The molecular weight excluding hydrogens is 367 g/mol. The highest BCUT2D eigenvalue weighted by atomic mass is 32.2. The zero-order chi connectivity index (χ0) is 19.6. The van der Waals surface area contributed by atoms with Crippen molar-refractivity contribution >= 4 is 20.9 Å². The number of nitrogens with one attached hydrogen (secondary N) is 2. The summed E-state index contributed by atoms with van der Waals surface area (Å²) in [5.41, 5.74) is 3.48. The summed E-state index contributed by atoms with van der Waals surface area (Å²) >= 11 is 0. The summed E-state index contributed by atoms with van der Waals surface area (Å²) in [5.74, 6) is 0.0189. The Hall–Kier alpha value is -2.38. The van der Waals surface area contributed by atoms with Crippen LogP contribution in [-0.4, -0.2) is 26.6 Å². The van der Waals surface area contributed by atoms with E-state index in [1.165, 1.54) is 12.1 Å². The molecule has 1 aromatic heterocycles. The molecule has 0 saturated carbocycles. The van der Waals surface area contributed by atoms with E-state index in [0.29, 0.717) is 18.8 Å². The first-order valence-corrected chi connectivity index (χ1v) is 10.3. The second kappa shape index (κ2) is 7.70. The lowest BCUT2D eigenvalue weighted by Gasteiger charge is -2.13. The Kier molecular flexibility index (Phi) is 5.53. The molecular formula is C20H23FN2O3S. The van der Waals surface area contributed by atoms with Crippen LogP contribution in [0.2, 0.25) is 0 Å². The van der Waals surface area contributed by atoms with E-state index in [2.05, 4.69) is 9.71 Å². The largest absolute Gasteiger partial charge is 0.492 e. The number of halogens is 1. The van der Waals surface area contributed by atoms with Crippen molar-refractivity contribution in [2.75, 3.05) is 13.2 Å². The molecule has 0 fully saturated rings. The van der Waals surface area contributed by atoms with Crippen molar-refractivity contribution in [2.24, 2.45) is 0 Å². The Morgan fingerprint density at radius 3 is 2.67 bits per heavy atom. The molecule has 144 valence electrons. The first-order valence-electron chi connectivity index (χ1n) is 8.81. The number of aromatic nitrogens is 1. The fraction of sp³-hybridized carbons (Fsp3) is 0.300. The molecule has 0 aliphatic rings. The van der Waals surface area contributed by atoms with E-state index in [4.69, 9.17) is 4.74 Å². The molecule has 0 unspecified atom stereocenters. The van der Waals surface area contributed by atoms with Crippen molar-refractivity contribution in [1.82, 2.24) is 9.71 Å². The van der Waals surface area contributed by atoms with Crippen LogP contribution in [0.4, 0.5) is 4.39 Å². The number of hydrogen-bond acceptors (Lipinski definition) is 3. The van der Waals surface area contributed by atoms with Crippen LogP contribution in [0.3, 0.4) is 0 Å². The van der Waals surface area contributed by atoms with Gasteiger partial charge < -0.3 is 9.72 Å². The van der Waals surface area contributed by atoms with Crippen molar-refractivity contribution in [3.63, 3.8) is 0 Å². The van der Waals surface area contributed by atoms with Crippen LogP contribution in [0.15, 0.2) is 41.3 Å². The van der Waals surface area contributed by atoms with Gasteiger partial charge in [0.25, 0.3) is 0 Å². The van der Waals surface area contributed by atoms with Gasteiger partial charge in [-0.3, -0.25) is 0 Å². The van der Waals surface area contributed by atoms with Crippen LogP contribution in [0.1, 0.15) is 23.7 Å². The third kappa shape index (κ3) is 4.14. The molecule has 2 aromatic carbocycles. The molecule has 27 heavy (non-hydrogen) atoms. The third-order valence-corrected chi connectivity index (χ3v) is 5.92. The topological polar surface area (TPSA) is 71.2 Å². The third-order valence-electron chi connectivity index (χ3n) is 4.44. The summed E-state index contributed by atoms with van der Waals surface area (Å²) in [6.07, 6.45) is 0.449. The smallest absolute Gasteiger partial charge is 0.244 e. The Bertz CT molecular complexity index is 1070. The first-order chi connectivity index (χ1) is 12.8. The van der Waals surface area contributed by atoms with Gasteiger partial charge in [0.1, 0.15) is 16.5 Å². The van der Waals surface area contributed by atoms with Gasteiger partial charge in [0.15, 0.2) is 0 Å². The second-order valence-corrected chi connectivity index (χ2v) is 8.18. The fourth-order valence-electron chi connectivity index (χ4n) is 3.16. The zero-order valence-electron chi connectivity index (χ0n) is 15.6. The van der Waals surface area contributed by atoms with Crippen LogP contribution >= 0.6 is 0 Å². The average molecular weight is 390 g/mol. The van der Waals surface area contributed by atoms with Gasteiger partial charge in [-0.15, -0.1) is 0 Å². The molecule has 0 radical (unpaired) electrons. The summed E-state index contributed by atoms with van der Waals surface area (Å²) in [4.78, 5) is 3.33. The van der Waals surface area contributed by atoms with E-state index >= 15 is 0 Å². The van der Waals surface area contributed by atoms with Gasteiger partial charge in [-0.25, -0.2) is 17.5 Å². The van der Waals surface area contributed by atoms with Crippen molar-refractivity contribution in [1.29, 1.82) is 0 Å². The van der Waals surface area contributed by atoms with Crippen molar-refractivity contribution in [2.45, 2.75) is 32.1 Å². The minimum atomic E-state index is -3.72. The molecule has 0 aliphatic carbocycles. The lowest BCUT2D eigenvalue weighted by molar-refractivity contribution is 0.331. The van der Waals surface area contributed by atoms with E-state index in [1.54, 1.807) is 18.2 Å². The molecule has 1 heterocycles. The first kappa shape index (κ1) is 19.4. The van der Waals surface area contributed by atoms with Crippen molar-refractivity contribution in [3.05, 3.63) is 59.0 Å². The number of benzene rings is 2. The molecule has 0 saturated heterocycles. The standard InChI is InChI=1S/C20H23FN2O3S/c1-4-26-19-8-5-13(2)11-20(19)27(24,25)22-10-9-16-14(3)23-18-7-6-15(21)12-17(16)18/h5-8,11-12,22-23H,4,9-10H2,1-3H3. The number of hydrogen-bond donors (Lipinski definition) is 2. The summed E-state index contributed by atoms with van der Waals surface area (Å²) in [6.45, 7) is 6.12. The molecule has 0 bridgehead atoms. The van der Waals surface area contributed by atoms with Crippen LogP contribution in [0.25, 0.3) is 10.9 Å². The lowest BCUT2D eigenvalue weighted by atomic mass is 10.1. The molecule has 3 aromatic rings. The predicted molar refractivity (Wildman–Crippen MR) is 104 cm³/mol. The zero-order valence-corrected chi connectivity index (χ0v) is 16.4.